The molecule has 1 unspecified atom stereocenters. The largest absolute Gasteiger partial charge is 0.355 e. The highest BCUT2D eigenvalue weighted by molar-refractivity contribution is 7.18. The van der Waals surface area contributed by atoms with Gasteiger partial charge in [0.25, 0.3) is 0 Å². The van der Waals surface area contributed by atoms with E-state index in [-0.39, 0.29) is 0 Å². The van der Waals surface area contributed by atoms with Gasteiger partial charge in [0.15, 0.2) is 0 Å². The molecule has 2 aromatic heterocycles. The molecule has 1 aliphatic heterocycles. The molecule has 18 heavy (non-hydrogen) atoms. The molecule has 0 bridgehead atoms. The highest BCUT2D eigenvalue weighted by Gasteiger charge is 2.24. The second-order valence-electron chi connectivity index (χ2n) is 4.97. The average Bonchev–Trinajstić information content (AvgIpc) is 2.98. The monoisotopic (exact) mass is 262 g/mol. The van der Waals surface area contributed by atoms with Gasteiger partial charge in [0, 0.05) is 13.1 Å². The van der Waals surface area contributed by atoms with Crippen molar-refractivity contribution in [1.82, 2.24) is 9.97 Å². The molecule has 1 saturated heterocycles. The van der Waals surface area contributed by atoms with Crippen LogP contribution in [0.1, 0.15) is 18.4 Å². The van der Waals surface area contributed by atoms with Crippen molar-refractivity contribution in [2.24, 2.45) is 11.7 Å². The van der Waals surface area contributed by atoms with E-state index in [2.05, 4.69) is 27.2 Å². The lowest BCUT2D eigenvalue weighted by atomic mass is 10.1. The number of rotatable bonds is 3. The van der Waals surface area contributed by atoms with Crippen LogP contribution in [0.4, 0.5) is 5.82 Å². The first-order valence-electron chi connectivity index (χ1n) is 6.43. The van der Waals surface area contributed by atoms with E-state index in [1.807, 2.05) is 0 Å². The quantitative estimate of drug-likeness (QED) is 0.921. The van der Waals surface area contributed by atoms with Crippen molar-refractivity contribution < 1.29 is 0 Å². The fraction of sp³-hybridized carbons (Fsp3) is 0.538. The van der Waals surface area contributed by atoms with Crippen LogP contribution in [0.15, 0.2) is 11.7 Å². The second kappa shape index (κ2) is 4.82. The summed E-state index contributed by atoms with van der Waals surface area (Å²) in [4.78, 5) is 11.3. The summed E-state index contributed by atoms with van der Waals surface area (Å²) in [7, 11) is 0. The molecule has 0 amide bonds. The van der Waals surface area contributed by atoms with Crippen molar-refractivity contribution in [2.75, 3.05) is 24.5 Å². The Hall–Kier alpha value is -1.20. The topological polar surface area (TPSA) is 55.0 Å². The fourth-order valence-corrected chi connectivity index (χ4v) is 3.70. The fourth-order valence-electron chi connectivity index (χ4n) is 2.68. The summed E-state index contributed by atoms with van der Waals surface area (Å²) in [5.41, 5.74) is 7.99. The number of nitrogens with zero attached hydrogens (tertiary/aromatic N) is 3. The Labute approximate surface area is 111 Å². The highest BCUT2D eigenvalue weighted by atomic mass is 32.1. The lowest BCUT2D eigenvalue weighted by Gasteiger charge is -2.17. The van der Waals surface area contributed by atoms with E-state index in [1.165, 1.54) is 16.7 Å². The maximum Gasteiger partial charge on any atom is 0.150 e. The number of anilines is 1. The minimum Gasteiger partial charge on any atom is -0.355 e. The van der Waals surface area contributed by atoms with E-state index < -0.39 is 0 Å². The SMILES string of the molecule is Cc1csc2c(N3CCC(CCN)C3)ncnc12. The molecule has 0 aromatic carbocycles. The van der Waals surface area contributed by atoms with Gasteiger partial charge in [-0.25, -0.2) is 9.97 Å². The van der Waals surface area contributed by atoms with Crippen LogP contribution in [-0.2, 0) is 0 Å². The summed E-state index contributed by atoms with van der Waals surface area (Å²) >= 11 is 1.75. The van der Waals surface area contributed by atoms with Gasteiger partial charge < -0.3 is 10.6 Å². The van der Waals surface area contributed by atoms with Gasteiger partial charge in [0.2, 0.25) is 0 Å². The molecule has 5 heteroatoms. The molecule has 4 nitrogen and oxygen atoms in total. The highest BCUT2D eigenvalue weighted by Crippen LogP contribution is 2.33. The molecule has 3 heterocycles. The van der Waals surface area contributed by atoms with Crippen LogP contribution in [0, 0.1) is 12.8 Å². The number of aromatic nitrogens is 2. The summed E-state index contributed by atoms with van der Waals surface area (Å²) in [6.07, 6.45) is 4.04. The summed E-state index contributed by atoms with van der Waals surface area (Å²) in [5, 5.41) is 2.16. The lowest BCUT2D eigenvalue weighted by molar-refractivity contribution is 0.546. The summed E-state index contributed by atoms with van der Waals surface area (Å²) in [6, 6.07) is 0. The van der Waals surface area contributed by atoms with E-state index in [0.717, 1.165) is 43.3 Å². The van der Waals surface area contributed by atoms with Crippen LogP contribution < -0.4 is 10.6 Å². The van der Waals surface area contributed by atoms with Crippen molar-refractivity contribution in [2.45, 2.75) is 19.8 Å². The molecular weight excluding hydrogens is 244 g/mol. The molecule has 1 fully saturated rings. The molecule has 0 aliphatic carbocycles. The third kappa shape index (κ3) is 1.97. The molecule has 96 valence electrons. The first kappa shape index (κ1) is 11.9. The molecule has 0 radical (unpaired) electrons. The van der Waals surface area contributed by atoms with Crippen LogP contribution in [0.25, 0.3) is 10.2 Å². The van der Waals surface area contributed by atoms with Crippen LogP contribution in [-0.4, -0.2) is 29.6 Å². The standard InChI is InChI=1S/C13H18N4S/c1-9-7-18-12-11(9)15-8-16-13(12)17-5-3-10(6-17)2-4-14/h7-8,10H,2-6,14H2,1H3. The van der Waals surface area contributed by atoms with Crippen molar-refractivity contribution in [1.29, 1.82) is 0 Å². The van der Waals surface area contributed by atoms with Crippen LogP contribution in [0.5, 0.6) is 0 Å². The summed E-state index contributed by atoms with van der Waals surface area (Å²) in [6.45, 7) is 5.07. The van der Waals surface area contributed by atoms with E-state index >= 15 is 0 Å². The maximum absolute atomic E-state index is 5.64. The first-order valence-corrected chi connectivity index (χ1v) is 7.31. The van der Waals surface area contributed by atoms with Gasteiger partial charge in [-0.2, -0.15) is 0 Å². The van der Waals surface area contributed by atoms with E-state index in [0.29, 0.717) is 0 Å². The Balaban J connectivity index is 1.91. The Morgan fingerprint density at radius 1 is 1.50 bits per heavy atom. The van der Waals surface area contributed by atoms with E-state index in [9.17, 15) is 0 Å². The van der Waals surface area contributed by atoms with Crippen molar-refractivity contribution in [3.8, 4) is 0 Å². The average molecular weight is 262 g/mol. The molecular formula is C13H18N4S. The predicted molar refractivity (Wildman–Crippen MR) is 76.1 cm³/mol. The third-order valence-corrected chi connectivity index (χ3v) is 4.76. The maximum atomic E-state index is 5.64. The zero-order valence-corrected chi connectivity index (χ0v) is 11.4. The zero-order valence-electron chi connectivity index (χ0n) is 10.6. The van der Waals surface area contributed by atoms with Gasteiger partial charge in [-0.05, 0) is 43.2 Å². The zero-order chi connectivity index (χ0) is 12.5. The molecule has 2 aromatic rings. The Kier molecular flexibility index (Phi) is 3.18. The minimum atomic E-state index is 0.723. The number of nitrogens with two attached hydrogens (primary N) is 1. The molecule has 0 spiro atoms. The van der Waals surface area contributed by atoms with Crippen LogP contribution in [0.3, 0.4) is 0 Å². The minimum absolute atomic E-state index is 0.723. The Bertz CT molecular complexity index is 551. The van der Waals surface area contributed by atoms with Gasteiger partial charge in [-0.3, -0.25) is 0 Å². The van der Waals surface area contributed by atoms with E-state index in [1.54, 1.807) is 17.7 Å². The molecule has 1 aliphatic rings. The van der Waals surface area contributed by atoms with Gasteiger partial charge >= 0.3 is 0 Å². The van der Waals surface area contributed by atoms with Gasteiger partial charge in [0.1, 0.15) is 12.1 Å². The number of hydrogen-bond acceptors (Lipinski definition) is 5. The predicted octanol–water partition coefficient (Wildman–Crippen LogP) is 2.17. The summed E-state index contributed by atoms with van der Waals surface area (Å²) < 4.78 is 1.23. The third-order valence-electron chi connectivity index (χ3n) is 3.67. The molecule has 3 rings (SSSR count). The number of thiophene rings is 1. The van der Waals surface area contributed by atoms with Gasteiger partial charge in [-0.15, -0.1) is 11.3 Å². The first-order chi connectivity index (χ1) is 8.79. The Morgan fingerprint density at radius 2 is 2.39 bits per heavy atom. The molecule has 2 N–H and O–H groups in total. The van der Waals surface area contributed by atoms with E-state index in [4.69, 9.17) is 5.73 Å². The number of aryl methyl sites for hydroxylation is 1. The number of fused-ring (bicyclic) bond motifs is 1. The van der Waals surface area contributed by atoms with Crippen LogP contribution >= 0.6 is 11.3 Å². The van der Waals surface area contributed by atoms with Crippen LogP contribution in [0.2, 0.25) is 0 Å². The normalized spacial score (nSPS) is 19.9. The van der Waals surface area contributed by atoms with Gasteiger partial charge in [-0.1, -0.05) is 0 Å². The lowest BCUT2D eigenvalue weighted by Crippen LogP contribution is -2.21. The Morgan fingerprint density at radius 3 is 3.22 bits per heavy atom. The number of hydrogen-bond donors (Lipinski definition) is 1. The van der Waals surface area contributed by atoms with Crippen molar-refractivity contribution in [3.63, 3.8) is 0 Å². The van der Waals surface area contributed by atoms with Gasteiger partial charge in [0.05, 0.1) is 10.2 Å². The second-order valence-corrected chi connectivity index (χ2v) is 5.85. The van der Waals surface area contributed by atoms with Crippen molar-refractivity contribution >= 4 is 27.4 Å². The summed E-state index contributed by atoms with van der Waals surface area (Å²) in [5.74, 6) is 1.83. The molecule has 1 atom stereocenters. The smallest absolute Gasteiger partial charge is 0.150 e. The van der Waals surface area contributed by atoms with Crippen molar-refractivity contribution in [3.05, 3.63) is 17.3 Å². The molecule has 0 saturated carbocycles.